The molecular weight excluding hydrogens is 592 g/mol. The molecule has 0 atom stereocenters. The lowest BCUT2D eigenvalue weighted by Gasteiger charge is -2.23. The first-order valence-corrected chi connectivity index (χ1v) is 12.8. The Bertz CT molecular complexity index is 1570. The maximum Gasteiger partial charge on any atom is 0.149 e. The number of nitrogens with two attached hydrogens (primary N) is 4. The van der Waals surface area contributed by atoms with Gasteiger partial charge in [0.1, 0.15) is 69.3 Å². The van der Waals surface area contributed by atoms with Crippen molar-refractivity contribution in [1.82, 2.24) is 0 Å². The van der Waals surface area contributed by atoms with Gasteiger partial charge in [0.2, 0.25) is 0 Å². The average molecular weight is 615 g/mol. The molecule has 0 saturated heterocycles. The van der Waals surface area contributed by atoms with Gasteiger partial charge < -0.3 is 22.9 Å². The molecule has 4 nitrogen and oxygen atoms in total. The first kappa shape index (κ1) is 30.2. The quantitative estimate of drug-likeness (QED) is 0.0904. The molecule has 0 aliphatic carbocycles. The predicted octanol–water partition coefficient (Wildman–Crippen LogP) is 7.49. The van der Waals surface area contributed by atoms with Crippen molar-refractivity contribution in [3.05, 3.63) is 153 Å². The Morgan fingerprint density at radius 1 is 0.295 bits per heavy atom. The molecule has 5 rings (SSSR count). The van der Waals surface area contributed by atoms with E-state index in [9.17, 15) is 35.1 Å². The highest BCUT2D eigenvalue weighted by atomic mass is 19.2. The zero-order valence-corrected chi connectivity index (χ0v) is 22.4. The molecule has 0 heterocycles. The summed E-state index contributed by atoms with van der Waals surface area (Å²) in [6.07, 6.45) is 0. The zero-order chi connectivity index (χ0) is 32.0. The number of halogens is 8. The van der Waals surface area contributed by atoms with Gasteiger partial charge in [0.05, 0.1) is 0 Å². The van der Waals surface area contributed by atoms with Crippen LogP contribution in [0.25, 0.3) is 0 Å². The Kier molecular flexibility index (Phi) is 7.85. The number of hydrogen-bond donors (Lipinski definition) is 4. The maximum atomic E-state index is 14.5. The van der Waals surface area contributed by atoms with Gasteiger partial charge in [0.15, 0.2) is 0 Å². The van der Waals surface area contributed by atoms with E-state index in [4.69, 9.17) is 22.9 Å². The molecule has 0 saturated carbocycles. The molecule has 0 spiro atoms. The fourth-order valence-electron chi connectivity index (χ4n) is 5.12. The third-order valence-electron chi connectivity index (χ3n) is 7.34. The van der Waals surface area contributed by atoms with Gasteiger partial charge in [0.25, 0.3) is 0 Å². The van der Waals surface area contributed by atoms with Crippen LogP contribution in [-0.4, -0.2) is 0 Å². The molecule has 8 N–H and O–H groups in total. The van der Waals surface area contributed by atoms with Crippen LogP contribution in [0.4, 0.5) is 57.9 Å². The van der Waals surface area contributed by atoms with Gasteiger partial charge >= 0.3 is 0 Å². The minimum absolute atomic E-state index is 0.0626. The van der Waals surface area contributed by atoms with Crippen LogP contribution >= 0.6 is 0 Å². The van der Waals surface area contributed by atoms with Crippen LogP contribution in [-0.2, 0) is 0 Å². The maximum absolute atomic E-state index is 14.5. The molecule has 0 aliphatic heterocycles. The molecular formula is C32H22F8N4. The third-order valence-corrected chi connectivity index (χ3v) is 7.34. The van der Waals surface area contributed by atoms with Crippen LogP contribution in [0, 0.1) is 46.5 Å². The Balaban J connectivity index is 1.70. The molecule has 12 heteroatoms. The Labute approximate surface area is 245 Å². The molecule has 0 radical (unpaired) electrons. The molecule has 5 aromatic rings. The van der Waals surface area contributed by atoms with Crippen molar-refractivity contribution < 1.29 is 35.1 Å². The van der Waals surface area contributed by atoms with Crippen molar-refractivity contribution in [1.29, 1.82) is 0 Å². The summed E-state index contributed by atoms with van der Waals surface area (Å²) in [4.78, 5) is 0. The smallest absolute Gasteiger partial charge is 0.149 e. The molecule has 0 aromatic heterocycles. The first-order valence-electron chi connectivity index (χ1n) is 12.8. The third kappa shape index (κ3) is 5.46. The lowest BCUT2D eigenvalue weighted by atomic mass is 9.81. The summed E-state index contributed by atoms with van der Waals surface area (Å²) in [7, 11) is 0. The highest BCUT2D eigenvalue weighted by molar-refractivity contribution is 5.55. The second-order valence-corrected chi connectivity index (χ2v) is 10.1. The van der Waals surface area contributed by atoms with Crippen molar-refractivity contribution in [2.24, 2.45) is 0 Å². The van der Waals surface area contributed by atoms with Crippen molar-refractivity contribution >= 4 is 22.7 Å². The highest BCUT2D eigenvalue weighted by Gasteiger charge is 2.26. The topological polar surface area (TPSA) is 104 Å². The summed E-state index contributed by atoms with van der Waals surface area (Å²) >= 11 is 0. The lowest BCUT2D eigenvalue weighted by molar-refractivity contribution is 0.581. The second kappa shape index (κ2) is 11.4. The Morgan fingerprint density at radius 3 is 0.614 bits per heavy atom. The number of anilines is 4. The minimum Gasteiger partial charge on any atom is -0.394 e. The van der Waals surface area contributed by atoms with Gasteiger partial charge in [-0.3, -0.25) is 0 Å². The van der Waals surface area contributed by atoms with Crippen molar-refractivity contribution in [2.45, 2.75) is 11.8 Å². The van der Waals surface area contributed by atoms with E-state index in [1.54, 1.807) is 0 Å². The van der Waals surface area contributed by atoms with E-state index in [0.29, 0.717) is 0 Å². The molecule has 5 aromatic carbocycles. The number of benzene rings is 5. The molecule has 44 heavy (non-hydrogen) atoms. The monoisotopic (exact) mass is 614 g/mol. The van der Waals surface area contributed by atoms with Crippen LogP contribution in [0.1, 0.15) is 45.2 Å². The molecule has 226 valence electrons. The summed E-state index contributed by atoms with van der Waals surface area (Å²) in [5.74, 6) is -11.2. The fraction of sp³-hybridized carbons (Fsp3) is 0.0625. The summed E-state index contributed by atoms with van der Waals surface area (Å²) in [6, 6.07) is 12.9. The fourth-order valence-corrected chi connectivity index (χ4v) is 5.12. The molecule has 0 aliphatic rings. The normalized spacial score (nSPS) is 11.5. The zero-order valence-electron chi connectivity index (χ0n) is 22.4. The van der Waals surface area contributed by atoms with Gasteiger partial charge in [-0.1, -0.05) is 24.3 Å². The first-order chi connectivity index (χ1) is 20.8. The highest BCUT2D eigenvalue weighted by Crippen LogP contribution is 2.39. The van der Waals surface area contributed by atoms with Crippen LogP contribution in [0.3, 0.4) is 0 Å². The van der Waals surface area contributed by atoms with Crippen LogP contribution in [0.5, 0.6) is 0 Å². The van der Waals surface area contributed by atoms with Crippen molar-refractivity contribution in [3.8, 4) is 0 Å². The summed E-state index contributed by atoms with van der Waals surface area (Å²) in [5, 5.41) is 0. The number of hydrogen-bond acceptors (Lipinski definition) is 4. The van der Waals surface area contributed by atoms with Gasteiger partial charge in [-0.15, -0.1) is 0 Å². The van der Waals surface area contributed by atoms with Crippen LogP contribution < -0.4 is 22.9 Å². The van der Waals surface area contributed by atoms with Crippen molar-refractivity contribution in [3.63, 3.8) is 0 Å². The van der Waals surface area contributed by atoms with E-state index in [-0.39, 0.29) is 33.4 Å². The molecule has 0 fully saturated rings. The Hall–Kier alpha value is -5.26. The lowest BCUT2D eigenvalue weighted by Crippen LogP contribution is -2.10. The van der Waals surface area contributed by atoms with Crippen LogP contribution in [0.2, 0.25) is 0 Å². The Morgan fingerprint density at radius 2 is 0.455 bits per heavy atom. The van der Waals surface area contributed by atoms with Crippen LogP contribution in [0.15, 0.2) is 72.8 Å². The van der Waals surface area contributed by atoms with E-state index in [0.717, 1.165) is 48.5 Å². The standard InChI is InChI=1S/C32H22F8N4/c33-19-5-15(6-20(34)29(19)41)27(16-7-21(35)30(42)22(36)8-16)13-1-2-14(4-3-13)28(17-9-23(37)31(43)24(38)10-17)18-11-25(39)32(44)26(40)12-18/h1-12,27-28H,41-44H2. The largest absolute Gasteiger partial charge is 0.394 e. The SMILES string of the molecule is Nc1c(F)cc(C(c2ccc(C(c3cc(F)c(N)c(F)c3)c3cc(F)c(N)c(F)c3)cc2)c2cc(F)c(N)c(F)c2)cc1F. The van der Waals surface area contributed by atoms with Gasteiger partial charge in [-0.25, -0.2) is 35.1 Å². The van der Waals surface area contributed by atoms with E-state index in [1.807, 2.05) is 0 Å². The van der Waals surface area contributed by atoms with E-state index in [1.165, 1.54) is 24.3 Å². The predicted molar refractivity (Wildman–Crippen MR) is 151 cm³/mol. The number of nitrogen functional groups attached to an aromatic ring is 4. The van der Waals surface area contributed by atoms with Gasteiger partial charge in [-0.2, -0.15) is 0 Å². The van der Waals surface area contributed by atoms with Crippen molar-refractivity contribution in [2.75, 3.05) is 22.9 Å². The minimum atomic E-state index is -1.17. The molecule has 0 bridgehead atoms. The summed E-state index contributed by atoms with van der Waals surface area (Å²) < 4.78 is 116. The summed E-state index contributed by atoms with van der Waals surface area (Å²) in [6.45, 7) is 0. The van der Waals surface area contributed by atoms with E-state index in [2.05, 4.69) is 0 Å². The van der Waals surface area contributed by atoms with E-state index < -0.39 is 81.1 Å². The average Bonchev–Trinajstić information content (AvgIpc) is 2.97. The van der Waals surface area contributed by atoms with Gasteiger partial charge in [0, 0.05) is 11.8 Å². The van der Waals surface area contributed by atoms with E-state index >= 15 is 0 Å². The summed E-state index contributed by atoms with van der Waals surface area (Å²) in [5.41, 5.74) is 18.9. The number of rotatable bonds is 6. The van der Waals surface area contributed by atoms with Gasteiger partial charge in [-0.05, 0) is 81.9 Å². The molecule has 0 unspecified atom stereocenters. The molecule has 0 amide bonds. The second-order valence-electron chi connectivity index (χ2n) is 10.1.